The van der Waals surface area contributed by atoms with Gasteiger partial charge in [-0.1, -0.05) is 41.9 Å². The Kier molecular flexibility index (Phi) is 6.03. The molecule has 0 atom stereocenters. The van der Waals surface area contributed by atoms with E-state index < -0.39 is 10.0 Å². The van der Waals surface area contributed by atoms with Crippen LogP contribution in [-0.2, 0) is 16.6 Å². The Hall–Kier alpha value is -2.41. The maximum atomic E-state index is 12.7. The topological polar surface area (TPSA) is 55.2 Å². The lowest BCUT2D eigenvalue weighted by atomic mass is 10.2. The van der Waals surface area contributed by atoms with Crippen LogP contribution < -0.4 is 0 Å². The summed E-state index contributed by atoms with van der Waals surface area (Å²) in [5.41, 5.74) is 4.35. The third kappa shape index (κ3) is 4.52. The number of hydrogen-bond acceptors (Lipinski definition) is 3. The summed E-state index contributed by atoms with van der Waals surface area (Å²) in [6, 6.07) is 16.8. The lowest BCUT2D eigenvalue weighted by Crippen LogP contribution is -2.24. The van der Waals surface area contributed by atoms with E-state index in [2.05, 4.69) is 5.10 Å². The molecule has 0 amide bonds. The second-order valence-corrected chi connectivity index (χ2v) is 8.91. The zero-order chi connectivity index (χ0) is 20.3. The van der Waals surface area contributed by atoms with Crippen LogP contribution in [0.3, 0.4) is 0 Å². The molecule has 146 valence electrons. The number of hydrogen-bond donors (Lipinski definition) is 0. The van der Waals surface area contributed by atoms with Gasteiger partial charge in [0.05, 0.1) is 11.4 Å². The van der Waals surface area contributed by atoms with Crippen molar-refractivity contribution in [2.24, 2.45) is 0 Å². The van der Waals surface area contributed by atoms with Crippen LogP contribution in [0.25, 0.3) is 11.8 Å². The van der Waals surface area contributed by atoms with Gasteiger partial charge in [0.25, 0.3) is 0 Å². The molecule has 5 nitrogen and oxygen atoms in total. The highest BCUT2D eigenvalue weighted by Crippen LogP contribution is 2.21. The number of halogens is 1. The monoisotopic (exact) mass is 415 g/mol. The Morgan fingerprint density at radius 2 is 1.71 bits per heavy atom. The normalized spacial score (nSPS) is 12.2. The van der Waals surface area contributed by atoms with E-state index in [0.717, 1.165) is 28.2 Å². The summed E-state index contributed by atoms with van der Waals surface area (Å²) in [5, 5.41) is 6.40. The summed E-state index contributed by atoms with van der Waals surface area (Å²) in [5.74, 6) is 0. The van der Waals surface area contributed by atoms with Crippen molar-refractivity contribution < 1.29 is 8.42 Å². The molecule has 1 heterocycles. The predicted octanol–water partition coefficient (Wildman–Crippen LogP) is 4.58. The van der Waals surface area contributed by atoms with E-state index in [4.69, 9.17) is 11.6 Å². The second kappa shape index (κ2) is 8.31. The SMILES string of the molecule is Cc1nn(-c2ccccc2)c(C)c1CN(C)S(=O)(=O)/C=C/c1ccc(Cl)cc1. The van der Waals surface area contributed by atoms with E-state index in [1.54, 1.807) is 37.4 Å². The molecule has 28 heavy (non-hydrogen) atoms. The maximum absolute atomic E-state index is 12.7. The van der Waals surface area contributed by atoms with Crippen molar-refractivity contribution in [1.29, 1.82) is 0 Å². The van der Waals surface area contributed by atoms with Crippen molar-refractivity contribution in [1.82, 2.24) is 14.1 Å². The molecule has 0 N–H and O–H groups in total. The van der Waals surface area contributed by atoms with Crippen LogP contribution in [0.1, 0.15) is 22.5 Å². The molecule has 3 rings (SSSR count). The van der Waals surface area contributed by atoms with Crippen molar-refractivity contribution >= 4 is 27.7 Å². The molecular formula is C21H22ClN3O2S. The summed E-state index contributed by atoms with van der Waals surface area (Å²) in [6.45, 7) is 4.09. The quantitative estimate of drug-likeness (QED) is 0.592. The van der Waals surface area contributed by atoms with E-state index in [1.807, 2.05) is 48.9 Å². The van der Waals surface area contributed by atoms with E-state index in [0.29, 0.717) is 5.02 Å². The van der Waals surface area contributed by atoms with Gasteiger partial charge in [-0.25, -0.2) is 13.1 Å². The standard InChI is InChI=1S/C21H22ClN3O2S/c1-16-21(17(2)25(23-16)20-7-5-4-6-8-20)15-24(3)28(26,27)14-13-18-9-11-19(22)12-10-18/h4-14H,15H2,1-3H3/b14-13+. The van der Waals surface area contributed by atoms with Crippen LogP contribution in [0.4, 0.5) is 0 Å². The Morgan fingerprint density at radius 3 is 2.36 bits per heavy atom. The number of sulfonamides is 1. The Morgan fingerprint density at radius 1 is 1.07 bits per heavy atom. The summed E-state index contributed by atoms with van der Waals surface area (Å²) in [7, 11) is -2.00. The fourth-order valence-corrected chi connectivity index (χ4v) is 3.85. The first-order valence-electron chi connectivity index (χ1n) is 8.78. The lowest BCUT2D eigenvalue weighted by molar-refractivity contribution is 0.473. The lowest BCUT2D eigenvalue weighted by Gasteiger charge is -2.15. The van der Waals surface area contributed by atoms with Crippen LogP contribution >= 0.6 is 11.6 Å². The zero-order valence-electron chi connectivity index (χ0n) is 16.0. The number of aryl methyl sites for hydroxylation is 1. The molecule has 0 unspecified atom stereocenters. The van der Waals surface area contributed by atoms with Crippen molar-refractivity contribution in [3.05, 3.63) is 87.5 Å². The van der Waals surface area contributed by atoms with Gasteiger partial charge in [-0.3, -0.25) is 0 Å². The minimum absolute atomic E-state index is 0.248. The van der Waals surface area contributed by atoms with Gasteiger partial charge < -0.3 is 0 Å². The molecule has 1 aromatic heterocycles. The number of benzene rings is 2. The highest BCUT2D eigenvalue weighted by atomic mass is 35.5. The molecule has 2 aromatic carbocycles. The highest BCUT2D eigenvalue weighted by molar-refractivity contribution is 7.92. The largest absolute Gasteiger partial charge is 0.238 e. The molecular weight excluding hydrogens is 394 g/mol. The molecule has 0 radical (unpaired) electrons. The maximum Gasteiger partial charge on any atom is 0.236 e. The zero-order valence-corrected chi connectivity index (χ0v) is 17.6. The van der Waals surface area contributed by atoms with E-state index in [9.17, 15) is 8.42 Å². The first-order chi connectivity index (χ1) is 13.3. The fourth-order valence-electron chi connectivity index (χ4n) is 2.88. The van der Waals surface area contributed by atoms with E-state index >= 15 is 0 Å². The van der Waals surface area contributed by atoms with Gasteiger partial charge in [-0.05, 0) is 49.8 Å². The molecule has 3 aromatic rings. The molecule has 0 aliphatic carbocycles. The molecule has 0 aliphatic heterocycles. The number of aromatic nitrogens is 2. The summed E-state index contributed by atoms with van der Waals surface area (Å²) in [6.07, 6.45) is 1.56. The second-order valence-electron chi connectivity index (χ2n) is 6.55. The van der Waals surface area contributed by atoms with Crippen LogP contribution in [0.5, 0.6) is 0 Å². The number of rotatable bonds is 6. The molecule has 0 aliphatic rings. The summed E-state index contributed by atoms with van der Waals surface area (Å²) >= 11 is 5.86. The summed E-state index contributed by atoms with van der Waals surface area (Å²) < 4.78 is 28.5. The van der Waals surface area contributed by atoms with E-state index in [1.165, 1.54) is 9.71 Å². The van der Waals surface area contributed by atoms with Crippen LogP contribution in [0, 0.1) is 13.8 Å². The van der Waals surface area contributed by atoms with Gasteiger partial charge in [0, 0.05) is 35.3 Å². The molecule has 0 saturated heterocycles. The molecule has 0 fully saturated rings. The van der Waals surface area contributed by atoms with Gasteiger partial charge in [0.15, 0.2) is 0 Å². The number of para-hydroxylation sites is 1. The molecule has 0 bridgehead atoms. The fraction of sp³-hybridized carbons (Fsp3) is 0.190. The van der Waals surface area contributed by atoms with Crippen LogP contribution in [0.2, 0.25) is 5.02 Å². The molecule has 0 spiro atoms. The third-order valence-corrected chi connectivity index (χ3v) is 6.29. The molecule has 7 heteroatoms. The van der Waals surface area contributed by atoms with Gasteiger partial charge >= 0.3 is 0 Å². The van der Waals surface area contributed by atoms with Crippen molar-refractivity contribution in [3.63, 3.8) is 0 Å². The molecule has 0 saturated carbocycles. The Balaban J connectivity index is 1.81. The van der Waals surface area contributed by atoms with Crippen molar-refractivity contribution in [2.75, 3.05) is 7.05 Å². The first kappa shape index (κ1) is 20.3. The smallest absolute Gasteiger partial charge is 0.236 e. The van der Waals surface area contributed by atoms with Gasteiger partial charge in [-0.15, -0.1) is 0 Å². The average molecular weight is 416 g/mol. The van der Waals surface area contributed by atoms with Gasteiger partial charge in [-0.2, -0.15) is 9.40 Å². The average Bonchev–Trinajstić information content (AvgIpc) is 2.96. The highest BCUT2D eigenvalue weighted by Gasteiger charge is 2.20. The Bertz CT molecular complexity index is 1090. The van der Waals surface area contributed by atoms with Crippen LogP contribution in [0.15, 0.2) is 60.0 Å². The predicted molar refractivity (Wildman–Crippen MR) is 114 cm³/mol. The number of nitrogens with zero attached hydrogens (tertiary/aromatic N) is 3. The minimum Gasteiger partial charge on any atom is -0.238 e. The van der Waals surface area contributed by atoms with Gasteiger partial charge in [0.2, 0.25) is 10.0 Å². The van der Waals surface area contributed by atoms with Crippen LogP contribution in [-0.4, -0.2) is 29.6 Å². The Labute approximate surface area is 170 Å². The minimum atomic E-state index is -3.57. The summed E-state index contributed by atoms with van der Waals surface area (Å²) in [4.78, 5) is 0. The van der Waals surface area contributed by atoms with Crippen molar-refractivity contribution in [3.8, 4) is 5.69 Å². The van der Waals surface area contributed by atoms with Gasteiger partial charge in [0.1, 0.15) is 0 Å². The van der Waals surface area contributed by atoms with Crippen molar-refractivity contribution in [2.45, 2.75) is 20.4 Å². The van der Waals surface area contributed by atoms with E-state index in [-0.39, 0.29) is 6.54 Å². The third-order valence-electron chi connectivity index (χ3n) is 4.56. The first-order valence-corrected chi connectivity index (χ1v) is 10.7.